The van der Waals surface area contributed by atoms with Crippen LogP contribution in [0.5, 0.6) is 5.75 Å². The smallest absolute Gasteiger partial charge is 0.459 e. The summed E-state index contributed by atoms with van der Waals surface area (Å²) < 4.78 is 37.4. The Morgan fingerprint density at radius 3 is 2.65 bits per heavy atom. The van der Waals surface area contributed by atoms with Crippen molar-refractivity contribution in [3.05, 3.63) is 51.0 Å². The summed E-state index contributed by atoms with van der Waals surface area (Å²) in [5.41, 5.74) is 4.06. The van der Waals surface area contributed by atoms with Crippen LogP contribution in [0.15, 0.2) is 29.2 Å². The highest BCUT2D eigenvalue weighted by Crippen LogP contribution is 2.49. The van der Waals surface area contributed by atoms with Crippen molar-refractivity contribution in [1.29, 1.82) is 0 Å². The zero-order chi connectivity index (χ0) is 30.0. The number of aliphatic hydroxyl groups is 2. The second kappa shape index (κ2) is 12.6. The number of hydrogen-bond acceptors (Lipinski definition) is 11. The van der Waals surface area contributed by atoms with Gasteiger partial charge in [-0.1, -0.05) is 25.4 Å². The summed E-state index contributed by atoms with van der Waals surface area (Å²) in [6.45, 7) is 9.41. The summed E-state index contributed by atoms with van der Waals surface area (Å²) in [4.78, 5) is 28.3. The van der Waals surface area contributed by atoms with Gasteiger partial charge in [0.05, 0.1) is 13.2 Å². The molecule has 15 heteroatoms. The van der Waals surface area contributed by atoms with Gasteiger partial charge < -0.3 is 29.9 Å². The van der Waals surface area contributed by atoms with E-state index in [0.29, 0.717) is 16.1 Å². The van der Waals surface area contributed by atoms with Crippen molar-refractivity contribution in [2.24, 2.45) is 0 Å². The standard InChI is InChI=1S/C25H36ClN4O9P/c1-7-36-22(32)15(5)29-40(35,39-18-10-14(4)17(26)11-16(18)13(2)3)37-12-19-21(31)25(6,34)23(38-19)30-9-8-20(27)28-24(30)33/h8-11,13,15,19,21,23,31,34H,7,12H2,1-6H3,(H,29,35)(H2,27,28,33)/t15-,19+,21+,23?,25+,40?/m0/s1. The van der Waals surface area contributed by atoms with Crippen LogP contribution in [0, 0.1) is 6.92 Å². The summed E-state index contributed by atoms with van der Waals surface area (Å²) in [6.07, 6.45) is -2.94. The van der Waals surface area contributed by atoms with Crippen LogP contribution >= 0.6 is 19.3 Å². The summed E-state index contributed by atoms with van der Waals surface area (Å²) in [6, 6.07) is 3.53. The van der Waals surface area contributed by atoms with Crippen molar-refractivity contribution >= 4 is 31.1 Å². The average molecular weight is 603 g/mol. The molecular weight excluding hydrogens is 567 g/mol. The summed E-state index contributed by atoms with van der Waals surface area (Å²) >= 11 is 6.30. The number of esters is 1. The molecule has 1 saturated heterocycles. The molecule has 0 saturated carbocycles. The minimum atomic E-state index is -4.37. The second-order valence-corrected chi connectivity index (χ2v) is 12.1. The highest BCUT2D eigenvalue weighted by Gasteiger charge is 2.54. The lowest BCUT2D eigenvalue weighted by molar-refractivity contribution is -0.144. The molecule has 13 nitrogen and oxygen atoms in total. The van der Waals surface area contributed by atoms with Crippen LogP contribution < -0.4 is 21.0 Å². The fourth-order valence-corrected chi connectivity index (χ4v) is 5.82. The number of nitrogens with one attached hydrogen (secondary N) is 1. The highest BCUT2D eigenvalue weighted by atomic mass is 35.5. The number of anilines is 1. The van der Waals surface area contributed by atoms with Crippen molar-refractivity contribution in [3.63, 3.8) is 0 Å². The number of halogens is 1. The molecule has 0 aliphatic carbocycles. The van der Waals surface area contributed by atoms with Crippen LogP contribution in [0.3, 0.4) is 0 Å². The van der Waals surface area contributed by atoms with Crippen molar-refractivity contribution in [3.8, 4) is 5.75 Å². The van der Waals surface area contributed by atoms with E-state index < -0.39 is 56.1 Å². The summed E-state index contributed by atoms with van der Waals surface area (Å²) in [5, 5.41) is 24.9. The SMILES string of the molecule is CCOC(=O)[C@H](C)NP(=O)(OC[C@H]1OC(n2ccc(N)nc2=O)[C@](C)(O)[C@@H]1O)Oc1cc(C)c(Cl)cc1C(C)C. The van der Waals surface area contributed by atoms with E-state index in [-0.39, 0.29) is 24.1 Å². The minimum Gasteiger partial charge on any atom is -0.465 e. The van der Waals surface area contributed by atoms with E-state index >= 15 is 0 Å². The van der Waals surface area contributed by atoms with Crippen LogP contribution in [0.4, 0.5) is 5.82 Å². The topological polar surface area (TPSA) is 184 Å². The number of carbonyl (C=O) groups is 1. The molecular formula is C25H36ClN4O9P. The highest BCUT2D eigenvalue weighted by molar-refractivity contribution is 7.52. The molecule has 0 amide bonds. The van der Waals surface area contributed by atoms with Crippen LogP contribution in [-0.4, -0.2) is 62.8 Å². The number of nitrogen functional groups attached to an aromatic ring is 1. The maximum absolute atomic E-state index is 14.1. The van der Waals surface area contributed by atoms with E-state index in [1.54, 1.807) is 26.0 Å². The lowest BCUT2D eigenvalue weighted by Gasteiger charge is -2.27. The Kier molecular flexibility index (Phi) is 10.1. The maximum Gasteiger partial charge on any atom is 0.459 e. The second-order valence-electron chi connectivity index (χ2n) is 10.0. The van der Waals surface area contributed by atoms with E-state index in [0.717, 1.165) is 4.57 Å². The van der Waals surface area contributed by atoms with E-state index in [1.165, 1.54) is 26.1 Å². The Bertz CT molecular complexity index is 1340. The van der Waals surface area contributed by atoms with Gasteiger partial charge in [0.1, 0.15) is 35.4 Å². The first kappa shape index (κ1) is 32.0. The zero-order valence-corrected chi connectivity index (χ0v) is 24.8. The largest absolute Gasteiger partial charge is 0.465 e. The quantitative estimate of drug-likeness (QED) is 0.218. The van der Waals surface area contributed by atoms with Gasteiger partial charge in [-0.25, -0.2) is 9.36 Å². The van der Waals surface area contributed by atoms with Gasteiger partial charge in [-0.15, -0.1) is 0 Å². The van der Waals surface area contributed by atoms with Crippen molar-refractivity contribution in [2.45, 2.75) is 77.5 Å². The molecule has 1 aromatic carbocycles. The normalized spacial score (nSPS) is 25.0. The van der Waals surface area contributed by atoms with Crippen LogP contribution in [0.25, 0.3) is 0 Å². The van der Waals surface area contributed by atoms with Crippen LogP contribution in [0.1, 0.15) is 57.9 Å². The van der Waals surface area contributed by atoms with Gasteiger partial charge in [-0.2, -0.15) is 10.1 Å². The number of ether oxygens (including phenoxy) is 2. The van der Waals surface area contributed by atoms with Gasteiger partial charge in [-0.05, 0) is 62.9 Å². The molecule has 40 heavy (non-hydrogen) atoms. The van der Waals surface area contributed by atoms with Gasteiger partial charge in [-0.3, -0.25) is 13.9 Å². The van der Waals surface area contributed by atoms with Crippen molar-refractivity contribution < 1.29 is 38.1 Å². The molecule has 6 atom stereocenters. The third-order valence-corrected chi connectivity index (χ3v) is 8.43. The van der Waals surface area contributed by atoms with E-state index in [2.05, 4.69) is 10.1 Å². The zero-order valence-electron chi connectivity index (χ0n) is 23.2. The van der Waals surface area contributed by atoms with Crippen molar-refractivity contribution in [2.75, 3.05) is 18.9 Å². The fraction of sp³-hybridized carbons (Fsp3) is 0.560. The maximum atomic E-state index is 14.1. The molecule has 2 unspecified atom stereocenters. The monoisotopic (exact) mass is 602 g/mol. The first-order chi connectivity index (χ1) is 18.6. The molecule has 1 aromatic heterocycles. The number of nitrogens with two attached hydrogens (primary N) is 1. The lowest BCUT2D eigenvalue weighted by atomic mass is 9.96. The predicted octanol–water partition coefficient (Wildman–Crippen LogP) is 2.66. The number of nitrogens with zero attached hydrogens (tertiary/aromatic N) is 2. The molecule has 0 bridgehead atoms. The third kappa shape index (κ3) is 7.03. The van der Waals surface area contributed by atoms with Gasteiger partial charge in [0.2, 0.25) is 0 Å². The third-order valence-electron chi connectivity index (χ3n) is 6.39. The van der Waals surface area contributed by atoms with E-state index in [9.17, 15) is 24.4 Å². The molecule has 2 aromatic rings. The van der Waals surface area contributed by atoms with Gasteiger partial charge in [0.25, 0.3) is 0 Å². The van der Waals surface area contributed by atoms with Gasteiger partial charge in [0.15, 0.2) is 6.23 Å². The first-order valence-corrected chi connectivity index (χ1v) is 14.6. The summed E-state index contributed by atoms with van der Waals surface area (Å²) in [7, 11) is -4.37. The Morgan fingerprint density at radius 2 is 2.05 bits per heavy atom. The Hall–Kier alpha value is -2.51. The molecule has 5 N–H and O–H groups in total. The van der Waals surface area contributed by atoms with Gasteiger partial charge >= 0.3 is 19.4 Å². The molecule has 1 aliphatic rings. The Balaban J connectivity index is 1.91. The van der Waals surface area contributed by atoms with Crippen LogP contribution in [0.2, 0.25) is 5.02 Å². The Morgan fingerprint density at radius 1 is 1.38 bits per heavy atom. The lowest BCUT2D eigenvalue weighted by Crippen LogP contribution is -2.46. The molecule has 2 heterocycles. The average Bonchev–Trinajstić information content (AvgIpc) is 3.08. The number of rotatable bonds is 11. The van der Waals surface area contributed by atoms with Crippen molar-refractivity contribution in [1.82, 2.24) is 14.6 Å². The number of aryl methyl sites for hydroxylation is 1. The first-order valence-electron chi connectivity index (χ1n) is 12.7. The number of hydrogen-bond donors (Lipinski definition) is 4. The molecule has 1 fully saturated rings. The van der Waals surface area contributed by atoms with E-state index in [1.807, 2.05) is 13.8 Å². The molecule has 0 spiro atoms. The number of carbonyl (C=O) groups excluding carboxylic acids is 1. The molecule has 222 valence electrons. The minimum absolute atomic E-state index is 0.0302. The number of benzene rings is 1. The molecule has 0 radical (unpaired) electrons. The predicted molar refractivity (Wildman–Crippen MR) is 147 cm³/mol. The molecule has 1 aliphatic heterocycles. The number of aliphatic hydroxyl groups excluding tert-OH is 1. The Labute approximate surface area is 237 Å². The van der Waals surface area contributed by atoms with Crippen LogP contribution in [-0.2, 0) is 23.4 Å². The van der Waals surface area contributed by atoms with E-state index in [4.69, 9.17) is 35.9 Å². The fourth-order valence-electron chi connectivity index (χ4n) is 4.13. The van der Waals surface area contributed by atoms with Gasteiger partial charge in [0, 0.05) is 11.2 Å². The summed E-state index contributed by atoms with van der Waals surface area (Å²) in [5.74, 6) is -0.591. The number of aromatic nitrogens is 2. The molecule has 3 rings (SSSR count).